The van der Waals surface area contributed by atoms with E-state index in [2.05, 4.69) is 51.8 Å². The summed E-state index contributed by atoms with van der Waals surface area (Å²) in [4.78, 5) is 9.62. The Labute approximate surface area is 137 Å². The number of anilines is 1. The van der Waals surface area contributed by atoms with Crippen molar-refractivity contribution in [1.29, 1.82) is 0 Å². The van der Waals surface area contributed by atoms with Gasteiger partial charge in [-0.2, -0.15) is 12.6 Å². The standard InChI is InChI=1S/C18H23N3S/c22-10-9-20-7-2-4-16(13-20)21-8-6-15-12-19-11-14-3-1-5-17(21)18(14)15/h1,3,5,11-12,16,22H,2,4,6-10,13H2. The third-order valence-corrected chi connectivity index (χ3v) is 5.31. The molecular weight excluding hydrogens is 290 g/mol. The normalized spacial score (nSPS) is 22.2. The molecule has 0 saturated carbocycles. The first-order chi connectivity index (χ1) is 10.9. The molecule has 2 aromatic rings. The molecule has 116 valence electrons. The molecule has 4 heteroatoms. The largest absolute Gasteiger partial charge is 0.366 e. The van der Waals surface area contributed by atoms with Gasteiger partial charge < -0.3 is 9.80 Å². The quantitative estimate of drug-likeness (QED) is 0.879. The van der Waals surface area contributed by atoms with Gasteiger partial charge in [0.2, 0.25) is 0 Å². The van der Waals surface area contributed by atoms with Gasteiger partial charge in [-0.25, -0.2) is 0 Å². The Morgan fingerprint density at radius 2 is 2.18 bits per heavy atom. The summed E-state index contributed by atoms with van der Waals surface area (Å²) in [5, 5.41) is 2.71. The predicted molar refractivity (Wildman–Crippen MR) is 96.1 cm³/mol. The Hall–Kier alpha value is -1.26. The number of hydrogen-bond donors (Lipinski definition) is 1. The van der Waals surface area contributed by atoms with E-state index in [9.17, 15) is 0 Å². The van der Waals surface area contributed by atoms with Crippen molar-refractivity contribution in [2.24, 2.45) is 0 Å². The SMILES string of the molecule is SCCN1CCCC(N2CCc3cncc4cccc2c34)C1. The number of hydrogen-bond acceptors (Lipinski definition) is 4. The number of likely N-dealkylation sites (tertiary alicyclic amines) is 1. The lowest BCUT2D eigenvalue weighted by atomic mass is 9.95. The Kier molecular flexibility index (Phi) is 3.97. The van der Waals surface area contributed by atoms with Gasteiger partial charge in [-0.15, -0.1) is 0 Å². The summed E-state index contributed by atoms with van der Waals surface area (Å²) in [6.07, 6.45) is 7.77. The molecule has 0 aliphatic carbocycles. The summed E-state index contributed by atoms with van der Waals surface area (Å²) < 4.78 is 0. The number of benzene rings is 1. The molecule has 0 N–H and O–H groups in total. The second-order valence-electron chi connectivity index (χ2n) is 6.44. The van der Waals surface area contributed by atoms with Crippen molar-refractivity contribution >= 4 is 29.1 Å². The van der Waals surface area contributed by atoms with Crippen LogP contribution in [0.15, 0.2) is 30.6 Å². The predicted octanol–water partition coefficient (Wildman–Crippen LogP) is 2.99. The van der Waals surface area contributed by atoms with Crippen LogP contribution in [0.4, 0.5) is 5.69 Å². The van der Waals surface area contributed by atoms with Crippen molar-refractivity contribution in [2.75, 3.05) is 36.8 Å². The van der Waals surface area contributed by atoms with Crippen LogP contribution >= 0.6 is 12.6 Å². The van der Waals surface area contributed by atoms with E-state index < -0.39 is 0 Å². The summed E-state index contributed by atoms with van der Waals surface area (Å²) in [6.45, 7) is 4.64. The van der Waals surface area contributed by atoms with E-state index in [1.807, 2.05) is 6.20 Å². The minimum absolute atomic E-state index is 0.639. The van der Waals surface area contributed by atoms with Gasteiger partial charge in [-0.3, -0.25) is 4.98 Å². The first-order valence-corrected chi connectivity index (χ1v) is 8.95. The highest BCUT2D eigenvalue weighted by Gasteiger charge is 2.28. The van der Waals surface area contributed by atoms with Crippen molar-refractivity contribution in [3.8, 4) is 0 Å². The molecule has 0 amide bonds. The number of rotatable bonds is 3. The maximum atomic E-state index is 4.40. The molecule has 1 fully saturated rings. The van der Waals surface area contributed by atoms with Gasteiger partial charge in [0, 0.05) is 60.3 Å². The van der Waals surface area contributed by atoms with Crippen LogP contribution in [-0.2, 0) is 6.42 Å². The highest BCUT2D eigenvalue weighted by molar-refractivity contribution is 7.80. The number of piperidine rings is 1. The van der Waals surface area contributed by atoms with E-state index in [0.29, 0.717) is 6.04 Å². The van der Waals surface area contributed by atoms with Gasteiger partial charge in [-0.1, -0.05) is 12.1 Å². The number of pyridine rings is 1. The zero-order valence-corrected chi connectivity index (χ0v) is 13.8. The molecule has 0 radical (unpaired) electrons. The van der Waals surface area contributed by atoms with Crippen LogP contribution in [0.5, 0.6) is 0 Å². The van der Waals surface area contributed by atoms with Gasteiger partial charge in [0.25, 0.3) is 0 Å². The molecule has 1 atom stereocenters. The summed E-state index contributed by atoms with van der Waals surface area (Å²) >= 11 is 4.40. The van der Waals surface area contributed by atoms with E-state index >= 15 is 0 Å². The average Bonchev–Trinajstić information content (AvgIpc) is 2.56. The van der Waals surface area contributed by atoms with Gasteiger partial charge in [-0.05, 0) is 37.4 Å². The van der Waals surface area contributed by atoms with Crippen LogP contribution in [0.25, 0.3) is 10.8 Å². The summed E-state index contributed by atoms with van der Waals surface area (Å²) in [5.41, 5.74) is 2.83. The van der Waals surface area contributed by atoms with Crippen LogP contribution < -0.4 is 4.90 Å². The van der Waals surface area contributed by atoms with Gasteiger partial charge in [0.15, 0.2) is 0 Å². The number of nitrogens with zero attached hydrogens (tertiary/aromatic N) is 3. The summed E-state index contributed by atoms with van der Waals surface area (Å²) in [7, 11) is 0. The molecule has 1 aromatic carbocycles. The van der Waals surface area contributed by atoms with Crippen molar-refractivity contribution in [2.45, 2.75) is 25.3 Å². The second-order valence-corrected chi connectivity index (χ2v) is 6.88. The second kappa shape index (κ2) is 6.09. The zero-order chi connectivity index (χ0) is 14.9. The molecule has 0 bridgehead atoms. The van der Waals surface area contributed by atoms with Crippen molar-refractivity contribution in [3.63, 3.8) is 0 Å². The highest BCUT2D eigenvalue weighted by Crippen LogP contribution is 2.35. The smallest absolute Gasteiger partial charge is 0.0452 e. The number of aromatic nitrogens is 1. The molecule has 22 heavy (non-hydrogen) atoms. The molecular formula is C18H23N3S. The van der Waals surface area contributed by atoms with Crippen LogP contribution in [0.1, 0.15) is 18.4 Å². The van der Waals surface area contributed by atoms with Crippen LogP contribution in [0, 0.1) is 0 Å². The Balaban J connectivity index is 1.68. The van der Waals surface area contributed by atoms with Crippen molar-refractivity contribution in [1.82, 2.24) is 9.88 Å². The third kappa shape index (κ3) is 2.48. The van der Waals surface area contributed by atoms with E-state index in [4.69, 9.17) is 0 Å². The van der Waals surface area contributed by atoms with Crippen molar-refractivity contribution < 1.29 is 0 Å². The lowest BCUT2D eigenvalue weighted by Crippen LogP contribution is -2.50. The number of thiol groups is 1. The van der Waals surface area contributed by atoms with Crippen LogP contribution in [-0.4, -0.2) is 47.9 Å². The van der Waals surface area contributed by atoms with Gasteiger partial charge in [0.1, 0.15) is 0 Å². The molecule has 1 saturated heterocycles. The fourth-order valence-electron chi connectivity index (χ4n) is 4.09. The molecule has 1 unspecified atom stereocenters. The zero-order valence-electron chi connectivity index (χ0n) is 12.9. The van der Waals surface area contributed by atoms with Gasteiger partial charge in [0.05, 0.1) is 0 Å². The van der Waals surface area contributed by atoms with Gasteiger partial charge >= 0.3 is 0 Å². The lowest BCUT2D eigenvalue weighted by molar-refractivity contribution is 0.215. The third-order valence-electron chi connectivity index (χ3n) is 5.11. The fraction of sp³-hybridized carbons (Fsp3) is 0.500. The Morgan fingerprint density at radius 1 is 1.23 bits per heavy atom. The van der Waals surface area contributed by atoms with E-state index in [1.165, 1.54) is 48.0 Å². The Bertz CT molecular complexity index is 665. The molecule has 2 aliphatic rings. The van der Waals surface area contributed by atoms with Crippen LogP contribution in [0.2, 0.25) is 0 Å². The fourth-order valence-corrected chi connectivity index (χ4v) is 4.37. The highest BCUT2D eigenvalue weighted by atomic mass is 32.1. The summed E-state index contributed by atoms with van der Waals surface area (Å²) in [6, 6.07) is 7.30. The summed E-state index contributed by atoms with van der Waals surface area (Å²) in [5.74, 6) is 0.955. The minimum atomic E-state index is 0.639. The van der Waals surface area contributed by atoms with E-state index in [-0.39, 0.29) is 0 Å². The Morgan fingerprint density at radius 3 is 3.09 bits per heavy atom. The van der Waals surface area contributed by atoms with Crippen molar-refractivity contribution in [3.05, 3.63) is 36.2 Å². The molecule has 4 rings (SSSR count). The van der Waals surface area contributed by atoms with Crippen LogP contribution in [0.3, 0.4) is 0 Å². The molecule has 1 aromatic heterocycles. The first kappa shape index (κ1) is 14.3. The maximum absolute atomic E-state index is 4.40. The molecule has 3 nitrogen and oxygen atoms in total. The maximum Gasteiger partial charge on any atom is 0.0452 e. The topological polar surface area (TPSA) is 19.4 Å². The van der Waals surface area contributed by atoms with E-state index in [0.717, 1.165) is 25.3 Å². The average molecular weight is 313 g/mol. The van der Waals surface area contributed by atoms with E-state index in [1.54, 1.807) is 0 Å². The monoisotopic (exact) mass is 313 g/mol. The first-order valence-electron chi connectivity index (χ1n) is 8.32. The molecule has 0 spiro atoms. The minimum Gasteiger partial charge on any atom is -0.366 e. The molecule has 3 heterocycles. The lowest BCUT2D eigenvalue weighted by Gasteiger charge is -2.42. The molecule has 2 aliphatic heterocycles.